The van der Waals surface area contributed by atoms with Gasteiger partial charge in [0, 0.05) is 49.1 Å². The zero-order valence-electron chi connectivity index (χ0n) is 30.7. The van der Waals surface area contributed by atoms with Crippen molar-refractivity contribution in [3.8, 4) is 0 Å². The topological polar surface area (TPSA) is 135 Å². The lowest BCUT2D eigenvalue weighted by Gasteiger charge is -2.35. The fraction of sp³-hybridized carbons (Fsp3) is 0.289. The van der Waals surface area contributed by atoms with Crippen LogP contribution in [0.25, 0.3) is 32.4 Å². The summed E-state index contributed by atoms with van der Waals surface area (Å²) in [5.74, 6) is -2.28. The van der Waals surface area contributed by atoms with Gasteiger partial charge in [-0.25, -0.2) is 0 Å². The van der Waals surface area contributed by atoms with E-state index < -0.39 is 29.9 Å². The van der Waals surface area contributed by atoms with Gasteiger partial charge in [-0.2, -0.15) is 0 Å². The summed E-state index contributed by atoms with van der Waals surface area (Å²) in [5.41, 5.74) is 9.17. The normalized spacial score (nSPS) is 12.5. The molecule has 0 bridgehead atoms. The number of rotatable bonds is 18. The van der Waals surface area contributed by atoms with E-state index >= 15 is 0 Å². The molecule has 54 heavy (non-hydrogen) atoms. The van der Waals surface area contributed by atoms with Crippen molar-refractivity contribution in [3.63, 3.8) is 0 Å². The predicted molar refractivity (Wildman–Crippen MR) is 214 cm³/mol. The zero-order valence-corrected chi connectivity index (χ0v) is 30.7. The summed E-state index contributed by atoms with van der Waals surface area (Å²) in [6.45, 7) is 2.98. The lowest BCUT2D eigenvalue weighted by atomic mass is 9.97. The number of fused-ring (bicyclic) bond motifs is 3. The molecule has 9 heteroatoms. The van der Waals surface area contributed by atoms with Gasteiger partial charge in [0.1, 0.15) is 6.04 Å². The van der Waals surface area contributed by atoms with E-state index in [0.717, 1.165) is 56.4 Å². The second kappa shape index (κ2) is 17.7. The average Bonchev–Trinajstić information content (AvgIpc) is 3.53. The molecule has 0 unspecified atom stereocenters. The van der Waals surface area contributed by atoms with E-state index in [2.05, 4.69) is 47.1 Å². The molecular formula is C45H48N4O5. The minimum Gasteiger partial charge on any atom is -0.481 e. The molecule has 0 fully saturated rings. The second-order valence-corrected chi connectivity index (χ2v) is 14.1. The number of aliphatic carboxylic acids is 1. The fourth-order valence-corrected chi connectivity index (χ4v) is 7.49. The summed E-state index contributed by atoms with van der Waals surface area (Å²) in [4.78, 5) is 54.9. The summed E-state index contributed by atoms with van der Waals surface area (Å²) < 4.78 is 2.05. The molecule has 6 aromatic rings. The van der Waals surface area contributed by atoms with Crippen LogP contribution < -0.4 is 11.1 Å². The molecule has 0 saturated carbocycles. The van der Waals surface area contributed by atoms with Gasteiger partial charge in [-0.1, -0.05) is 123 Å². The Morgan fingerprint density at radius 2 is 1.50 bits per heavy atom. The van der Waals surface area contributed by atoms with Crippen LogP contribution in [0.1, 0.15) is 73.4 Å². The number of unbranched alkanes of at least 4 members (excludes halogenated alkanes) is 2. The molecule has 2 atom stereocenters. The van der Waals surface area contributed by atoms with Crippen molar-refractivity contribution in [3.05, 3.63) is 132 Å². The lowest BCUT2D eigenvalue weighted by molar-refractivity contribution is -0.139. The molecule has 1 heterocycles. The third kappa shape index (κ3) is 9.15. The summed E-state index contributed by atoms with van der Waals surface area (Å²) in [5, 5.41) is 17.6. The van der Waals surface area contributed by atoms with Crippen LogP contribution in [0.15, 0.2) is 115 Å². The van der Waals surface area contributed by atoms with Gasteiger partial charge in [0.25, 0.3) is 5.91 Å². The number of nitrogens with two attached hydrogens (primary N) is 1. The molecule has 9 nitrogen and oxygen atoms in total. The van der Waals surface area contributed by atoms with Crippen molar-refractivity contribution in [2.45, 2.75) is 76.9 Å². The Balaban J connectivity index is 1.32. The highest BCUT2D eigenvalue weighted by atomic mass is 16.4. The third-order valence-electron chi connectivity index (χ3n) is 10.2. The maximum atomic E-state index is 14.7. The van der Waals surface area contributed by atoms with Gasteiger partial charge in [0.2, 0.25) is 11.8 Å². The smallest absolute Gasteiger partial charge is 0.303 e. The maximum Gasteiger partial charge on any atom is 0.303 e. The maximum absolute atomic E-state index is 14.7. The van der Waals surface area contributed by atoms with E-state index in [-0.39, 0.29) is 31.6 Å². The summed E-state index contributed by atoms with van der Waals surface area (Å²) >= 11 is 0. The van der Waals surface area contributed by atoms with Crippen LogP contribution in [0, 0.1) is 0 Å². The van der Waals surface area contributed by atoms with Crippen LogP contribution in [-0.2, 0) is 27.3 Å². The highest BCUT2D eigenvalue weighted by molar-refractivity contribution is 6.08. The molecule has 5 aromatic carbocycles. The molecule has 0 aliphatic rings. The molecule has 0 aliphatic heterocycles. The second-order valence-electron chi connectivity index (χ2n) is 14.1. The number of carboxylic acids is 1. The van der Waals surface area contributed by atoms with Gasteiger partial charge >= 0.3 is 5.97 Å². The number of benzene rings is 5. The quantitative estimate of drug-likeness (QED) is 0.0777. The Hall–Kier alpha value is -5.96. The van der Waals surface area contributed by atoms with Crippen molar-refractivity contribution in [2.75, 3.05) is 6.54 Å². The van der Waals surface area contributed by atoms with Crippen LogP contribution in [0.5, 0.6) is 0 Å². The van der Waals surface area contributed by atoms with E-state index in [1.807, 2.05) is 85.1 Å². The first-order chi connectivity index (χ1) is 26.2. The van der Waals surface area contributed by atoms with Gasteiger partial charge in [-0.15, -0.1) is 0 Å². The number of hydrogen-bond acceptors (Lipinski definition) is 4. The van der Waals surface area contributed by atoms with Crippen LogP contribution >= 0.6 is 0 Å². The first kappa shape index (κ1) is 37.8. The summed E-state index contributed by atoms with van der Waals surface area (Å²) in [6.07, 6.45) is 4.82. The number of carbonyl (C=O) groups is 4. The van der Waals surface area contributed by atoms with Crippen molar-refractivity contribution >= 4 is 56.1 Å². The molecule has 3 amide bonds. The molecule has 0 spiro atoms. The van der Waals surface area contributed by atoms with Crippen molar-refractivity contribution in [1.82, 2.24) is 14.8 Å². The van der Waals surface area contributed by atoms with Crippen LogP contribution in [0.2, 0.25) is 0 Å². The predicted octanol–water partition coefficient (Wildman–Crippen LogP) is 7.85. The van der Waals surface area contributed by atoms with Gasteiger partial charge in [0.05, 0.1) is 5.56 Å². The number of nitrogens with one attached hydrogen (secondary N) is 1. The Bertz CT molecular complexity index is 2270. The fourth-order valence-electron chi connectivity index (χ4n) is 7.49. The highest BCUT2D eigenvalue weighted by Gasteiger charge is 2.32. The number of aromatic nitrogens is 1. The summed E-state index contributed by atoms with van der Waals surface area (Å²) in [6, 6.07) is 34.6. The number of amides is 3. The monoisotopic (exact) mass is 724 g/mol. The first-order valence-corrected chi connectivity index (χ1v) is 18.9. The van der Waals surface area contributed by atoms with Gasteiger partial charge in [0.15, 0.2) is 0 Å². The number of primary amides is 1. The largest absolute Gasteiger partial charge is 0.481 e. The minimum atomic E-state index is -1.02. The van der Waals surface area contributed by atoms with Crippen LogP contribution in [0.3, 0.4) is 0 Å². The van der Waals surface area contributed by atoms with Crippen molar-refractivity contribution in [2.24, 2.45) is 5.73 Å². The van der Waals surface area contributed by atoms with E-state index in [0.29, 0.717) is 31.5 Å². The summed E-state index contributed by atoms with van der Waals surface area (Å²) in [7, 11) is 0. The molecular weight excluding hydrogens is 677 g/mol. The van der Waals surface area contributed by atoms with Gasteiger partial charge < -0.3 is 25.6 Å². The number of hydrogen-bond donors (Lipinski definition) is 3. The average molecular weight is 725 g/mol. The molecule has 1 aromatic heterocycles. The van der Waals surface area contributed by atoms with E-state index in [9.17, 15) is 24.3 Å². The first-order valence-electron chi connectivity index (χ1n) is 18.9. The van der Waals surface area contributed by atoms with Crippen LogP contribution in [0.4, 0.5) is 0 Å². The molecule has 4 N–H and O–H groups in total. The molecule has 0 saturated heterocycles. The minimum absolute atomic E-state index is 0.0534. The lowest BCUT2D eigenvalue weighted by Crippen LogP contribution is -2.53. The molecule has 0 aliphatic carbocycles. The Kier molecular flexibility index (Phi) is 12.4. The zero-order chi connectivity index (χ0) is 38.0. The van der Waals surface area contributed by atoms with Crippen LogP contribution in [-0.4, -0.2) is 56.9 Å². The number of carbonyl (C=O) groups excluding carboxylic acids is 3. The van der Waals surface area contributed by atoms with E-state index in [1.54, 1.807) is 4.90 Å². The molecule has 0 radical (unpaired) electrons. The van der Waals surface area contributed by atoms with Gasteiger partial charge in [-0.05, 0) is 64.4 Å². The van der Waals surface area contributed by atoms with E-state index in [1.165, 1.54) is 0 Å². The molecule has 6 rings (SSSR count). The van der Waals surface area contributed by atoms with Crippen molar-refractivity contribution in [1.29, 1.82) is 0 Å². The SMILES string of the molecule is CCCCCN(C(=O)[C@H](CCCC(=O)O)NC(=O)c1cn(Cc2cccc3ccccc23)c2ccccc12)[C@H](CC(N)=O)Cc1ccc2ccccc2c1. The Morgan fingerprint density at radius 1 is 0.796 bits per heavy atom. The molecule has 278 valence electrons. The standard InChI is InChI=1S/C45H48N4O5/c1-2-3-10-25-49(36(28-42(46)50)27-31-23-24-32-13-4-5-15-34(32)26-31)45(54)40(20-12-22-43(51)52)47-44(53)39-30-48(41-21-9-8-19-38(39)41)29-35-17-11-16-33-14-6-7-18-37(33)35/h4-9,11,13-19,21,23-24,26,30,36,40H,2-3,10,12,20,22,25,27-29H2,1H3,(H2,46,50)(H,47,53)(H,51,52)/t36-,40-/m0/s1. The van der Waals surface area contributed by atoms with Gasteiger partial charge in [-0.3, -0.25) is 19.2 Å². The Morgan fingerprint density at radius 3 is 2.26 bits per heavy atom. The van der Waals surface area contributed by atoms with Crippen molar-refractivity contribution < 1.29 is 24.3 Å². The number of carboxylic acid groups (broad SMARTS) is 1. The third-order valence-corrected chi connectivity index (χ3v) is 10.2. The Labute approximate surface area is 315 Å². The number of nitrogens with zero attached hydrogens (tertiary/aromatic N) is 2. The highest BCUT2D eigenvalue weighted by Crippen LogP contribution is 2.27. The number of para-hydroxylation sites is 1. The van der Waals surface area contributed by atoms with E-state index in [4.69, 9.17) is 5.73 Å².